The van der Waals surface area contributed by atoms with E-state index in [-0.39, 0.29) is 5.56 Å². The van der Waals surface area contributed by atoms with Gasteiger partial charge in [0, 0.05) is 11.8 Å². The van der Waals surface area contributed by atoms with Gasteiger partial charge >= 0.3 is 6.18 Å². The number of ketones is 1. The zero-order chi connectivity index (χ0) is 20.2. The van der Waals surface area contributed by atoms with E-state index < -0.39 is 23.3 Å². The van der Waals surface area contributed by atoms with Gasteiger partial charge in [-0.2, -0.15) is 13.2 Å². The lowest BCUT2D eigenvalue weighted by atomic mass is 10.0. The monoisotopic (exact) mass is 377 g/mol. The van der Waals surface area contributed by atoms with E-state index in [0.717, 1.165) is 17.3 Å². The molecular weight excluding hydrogens is 359 g/mol. The van der Waals surface area contributed by atoms with Gasteiger partial charge in [0.05, 0.1) is 18.4 Å². The van der Waals surface area contributed by atoms with Gasteiger partial charge in [0.15, 0.2) is 0 Å². The summed E-state index contributed by atoms with van der Waals surface area (Å²) in [6.07, 6.45) is -4.41. The van der Waals surface area contributed by atoms with Crippen molar-refractivity contribution in [2.24, 2.45) is 4.99 Å². The number of methoxy groups -OCH3 is 1. The first-order valence-corrected chi connectivity index (χ1v) is 7.94. The van der Waals surface area contributed by atoms with Crippen LogP contribution < -0.4 is 4.74 Å². The van der Waals surface area contributed by atoms with Crippen molar-refractivity contribution in [1.82, 2.24) is 0 Å². The number of carbonyl (C=O) groups is 1. The molecule has 0 heterocycles. The quantitative estimate of drug-likeness (QED) is 0.447. The Kier molecular flexibility index (Phi) is 6.05. The van der Waals surface area contributed by atoms with E-state index in [9.17, 15) is 23.1 Å². The van der Waals surface area contributed by atoms with Crippen LogP contribution in [0.2, 0.25) is 0 Å². The molecule has 2 rings (SSSR count). The van der Waals surface area contributed by atoms with Crippen LogP contribution in [0.4, 0.5) is 18.9 Å². The van der Waals surface area contributed by atoms with Crippen molar-refractivity contribution < 1.29 is 27.8 Å². The Bertz CT molecular complexity index is 898. The molecule has 0 radical (unpaired) electrons. The summed E-state index contributed by atoms with van der Waals surface area (Å²) in [6, 6.07) is 10.7. The highest BCUT2D eigenvalue weighted by atomic mass is 19.4. The standard InChI is InChI=1S/C20H18F3NO3/c1-12-4-7-15(10-13(12)2)24-11-17(19(26)20(21,22)23)18(25)14-5-8-16(27-3)9-6-14/h4-11,25H,1-3H3. The fourth-order valence-electron chi connectivity index (χ4n) is 2.23. The molecule has 142 valence electrons. The number of hydrogen-bond donors (Lipinski definition) is 1. The summed E-state index contributed by atoms with van der Waals surface area (Å²) in [5, 5.41) is 10.3. The number of rotatable bonds is 5. The zero-order valence-electron chi connectivity index (χ0n) is 15.0. The second kappa shape index (κ2) is 8.07. The first-order chi connectivity index (χ1) is 12.6. The third kappa shape index (κ3) is 4.97. The van der Waals surface area contributed by atoms with Crippen LogP contribution in [0, 0.1) is 13.8 Å². The van der Waals surface area contributed by atoms with E-state index >= 15 is 0 Å². The molecule has 0 amide bonds. The molecule has 27 heavy (non-hydrogen) atoms. The van der Waals surface area contributed by atoms with Crippen LogP contribution in [0.15, 0.2) is 53.0 Å². The van der Waals surface area contributed by atoms with Gasteiger partial charge < -0.3 is 9.84 Å². The molecule has 7 heteroatoms. The van der Waals surface area contributed by atoms with Gasteiger partial charge in [-0.15, -0.1) is 0 Å². The van der Waals surface area contributed by atoms with Crippen LogP contribution in [-0.2, 0) is 4.79 Å². The predicted octanol–water partition coefficient (Wildman–Crippen LogP) is 5.12. The summed E-state index contributed by atoms with van der Waals surface area (Å²) in [4.78, 5) is 15.7. The van der Waals surface area contributed by atoms with E-state index in [1.165, 1.54) is 31.4 Å². The van der Waals surface area contributed by atoms with E-state index in [1.54, 1.807) is 18.2 Å². The van der Waals surface area contributed by atoms with Gasteiger partial charge in [0.25, 0.3) is 5.78 Å². The van der Waals surface area contributed by atoms with Crippen molar-refractivity contribution in [3.63, 3.8) is 0 Å². The van der Waals surface area contributed by atoms with Gasteiger partial charge in [0.1, 0.15) is 11.5 Å². The summed E-state index contributed by atoms with van der Waals surface area (Å²) in [5.74, 6) is -2.53. The first kappa shape index (κ1) is 20.2. The Balaban J connectivity index is 2.51. The normalized spacial score (nSPS) is 12.8. The molecule has 0 atom stereocenters. The van der Waals surface area contributed by atoms with Gasteiger partial charge in [-0.05, 0) is 61.4 Å². The number of halogens is 3. The fraction of sp³-hybridized carbons (Fsp3) is 0.200. The molecule has 2 aromatic carbocycles. The second-order valence-corrected chi connectivity index (χ2v) is 5.84. The van der Waals surface area contributed by atoms with Crippen LogP contribution in [0.1, 0.15) is 16.7 Å². The van der Waals surface area contributed by atoms with E-state index in [1.807, 2.05) is 13.8 Å². The van der Waals surface area contributed by atoms with Crippen LogP contribution >= 0.6 is 0 Å². The number of aliphatic hydroxyl groups is 1. The number of benzene rings is 2. The number of aryl methyl sites for hydroxylation is 2. The topological polar surface area (TPSA) is 58.9 Å². The van der Waals surface area contributed by atoms with Crippen LogP contribution in [0.3, 0.4) is 0 Å². The summed E-state index contributed by atoms with van der Waals surface area (Å²) < 4.78 is 43.8. The molecule has 0 fully saturated rings. The summed E-state index contributed by atoms with van der Waals surface area (Å²) in [7, 11) is 1.43. The summed E-state index contributed by atoms with van der Waals surface area (Å²) in [6.45, 7) is 3.72. The first-order valence-electron chi connectivity index (χ1n) is 7.94. The number of aliphatic hydroxyl groups excluding tert-OH is 1. The number of carbonyl (C=O) groups excluding carboxylic acids is 1. The highest BCUT2D eigenvalue weighted by Gasteiger charge is 2.41. The molecule has 0 aliphatic heterocycles. The molecule has 0 saturated carbocycles. The lowest BCUT2D eigenvalue weighted by Crippen LogP contribution is -2.26. The van der Waals surface area contributed by atoms with Crippen molar-refractivity contribution in [2.75, 3.05) is 7.11 Å². The van der Waals surface area contributed by atoms with Crippen LogP contribution in [-0.4, -0.2) is 30.4 Å². The number of Topliss-reactive ketones (excluding diaryl/α,β-unsaturated/α-hetero) is 1. The second-order valence-electron chi connectivity index (χ2n) is 5.84. The third-order valence-corrected chi connectivity index (χ3v) is 3.95. The van der Waals surface area contributed by atoms with E-state index in [2.05, 4.69) is 4.99 Å². The van der Waals surface area contributed by atoms with Gasteiger partial charge in [-0.3, -0.25) is 9.79 Å². The van der Waals surface area contributed by atoms with Crippen molar-refractivity contribution >= 4 is 23.4 Å². The summed E-state index contributed by atoms with van der Waals surface area (Å²) >= 11 is 0. The van der Waals surface area contributed by atoms with Crippen LogP contribution in [0.5, 0.6) is 5.75 Å². The van der Waals surface area contributed by atoms with Crippen molar-refractivity contribution in [1.29, 1.82) is 0 Å². The number of allylic oxidation sites excluding steroid dienone is 1. The minimum atomic E-state index is -5.15. The maximum absolute atomic E-state index is 13.0. The largest absolute Gasteiger partial charge is 0.506 e. The number of hydrogen-bond acceptors (Lipinski definition) is 4. The average molecular weight is 377 g/mol. The molecule has 2 aromatic rings. The fourth-order valence-corrected chi connectivity index (χ4v) is 2.23. The van der Waals surface area contributed by atoms with Crippen molar-refractivity contribution in [3.05, 3.63) is 64.7 Å². The molecular formula is C20H18F3NO3. The van der Waals surface area contributed by atoms with Gasteiger partial charge in [-0.25, -0.2) is 0 Å². The predicted molar refractivity (Wildman–Crippen MR) is 97.7 cm³/mol. The molecule has 0 bridgehead atoms. The number of nitrogens with zero attached hydrogens (tertiary/aromatic N) is 1. The SMILES string of the molecule is COc1ccc(C(O)=C(C=Nc2ccc(C)c(C)c2)C(=O)C(F)(F)F)cc1. The van der Waals surface area contributed by atoms with Crippen molar-refractivity contribution in [2.45, 2.75) is 20.0 Å². The smallest absolute Gasteiger partial charge is 0.455 e. The minimum absolute atomic E-state index is 0.0370. The minimum Gasteiger partial charge on any atom is -0.506 e. The molecule has 0 spiro atoms. The molecule has 0 aliphatic rings. The zero-order valence-corrected chi connectivity index (χ0v) is 15.0. The number of alkyl halides is 3. The Hall–Kier alpha value is -3.09. The average Bonchev–Trinajstić information content (AvgIpc) is 2.63. The summed E-state index contributed by atoms with van der Waals surface area (Å²) in [5.41, 5.74) is 1.36. The Morgan fingerprint density at radius 2 is 1.70 bits per heavy atom. The lowest BCUT2D eigenvalue weighted by molar-refractivity contribution is -0.165. The van der Waals surface area contributed by atoms with Crippen molar-refractivity contribution in [3.8, 4) is 5.75 Å². The molecule has 0 aliphatic carbocycles. The number of ether oxygens (including phenoxy) is 1. The van der Waals surface area contributed by atoms with E-state index in [0.29, 0.717) is 11.4 Å². The molecule has 0 saturated heterocycles. The molecule has 1 N–H and O–H groups in total. The van der Waals surface area contributed by atoms with Gasteiger partial charge in [0.2, 0.25) is 0 Å². The van der Waals surface area contributed by atoms with E-state index in [4.69, 9.17) is 4.74 Å². The third-order valence-electron chi connectivity index (χ3n) is 3.95. The highest BCUT2D eigenvalue weighted by molar-refractivity contribution is 6.20. The molecule has 0 unspecified atom stereocenters. The lowest BCUT2D eigenvalue weighted by Gasteiger charge is -2.10. The highest BCUT2D eigenvalue weighted by Crippen LogP contribution is 2.26. The Morgan fingerprint density at radius 1 is 1.07 bits per heavy atom. The van der Waals surface area contributed by atoms with Crippen LogP contribution in [0.25, 0.3) is 5.76 Å². The maximum atomic E-state index is 13.0. The molecule has 0 aromatic heterocycles. The molecule has 4 nitrogen and oxygen atoms in total. The maximum Gasteiger partial charge on any atom is 0.455 e. The Morgan fingerprint density at radius 3 is 2.22 bits per heavy atom. The number of aliphatic imine (C=N–C) groups is 1. The Labute approximate surface area is 154 Å². The van der Waals surface area contributed by atoms with Gasteiger partial charge in [-0.1, -0.05) is 6.07 Å².